The maximum atomic E-state index is 12.9. The summed E-state index contributed by atoms with van der Waals surface area (Å²) in [6.45, 7) is 0. The first-order chi connectivity index (χ1) is 13.1. The molecule has 1 aliphatic rings. The molecule has 0 saturated heterocycles. The number of hydrogen-bond donors (Lipinski definition) is 3. The molecule has 0 aliphatic heterocycles. The quantitative estimate of drug-likeness (QED) is 0.505. The van der Waals surface area contributed by atoms with Crippen LogP contribution in [0.15, 0.2) is 47.2 Å². The van der Waals surface area contributed by atoms with Crippen molar-refractivity contribution in [3.05, 3.63) is 58.3 Å². The first-order valence-corrected chi connectivity index (χ1v) is 10.3. The number of carbonyl (C=O) groups is 2. The number of hydrogen-bond acceptors (Lipinski definition) is 5. The standard InChI is InChI=1S/C20H24BNO4S/c23-19(15-6-2-1-3-7-15)16-8-4-5-9-17(16)20(24)22-18(21(25)26)12-14-10-11-27-13-14/h1-3,6-7,10-11,13,16-18,25-26H,4-5,8-9,12H2,(H,22,24)/t16?,17-,18+/m1/s1. The number of Topliss-reactive ketones (excluding diaryl/α,β-unsaturated/α-hetero) is 1. The average Bonchev–Trinajstić information content (AvgIpc) is 3.20. The fourth-order valence-corrected chi connectivity index (χ4v) is 4.44. The molecular formula is C20H24BNO4S. The Morgan fingerprint density at radius 3 is 2.44 bits per heavy atom. The predicted octanol–water partition coefficient (Wildman–Crippen LogP) is 2.48. The van der Waals surface area contributed by atoms with Gasteiger partial charge in [-0.3, -0.25) is 9.59 Å². The lowest BCUT2D eigenvalue weighted by molar-refractivity contribution is -0.127. The van der Waals surface area contributed by atoms with Gasteiger partial charge in [0.25, 0.3) is 0 Å². The van der Waals surface area contributed by atoms with Gasteiger partial charge in [0, 0.05) is 17.4 Å². The minimum Gasteiger partial charge on any atom is -0.426 e. The molecule has 0 bridgehead atoms. The summed E-state index contributed by atoms with van der Waals surface area (Å²) in [4.78, 5) is 25.8. The predicted molar refractivity (Wildman–Crippen MR) is 106 cm³/mol. The Kier molecular flexibility index (Phi) is 6.82. The van der Waals surface area contributed by atoms with Crippen LogP contribution in [-0.2, 0) is 11.2 Å². The molecule has 2 aromatic rings. The van der Waals surface area contributed by atoms with E-state index in [1.807, 2.05) is 35.0 Å². The van der Waals surface area contributed by atoms with Crippen LogP contribution < -0.4 is 5.32 Å². The third-order valence-electron chi connectivity index (χ3n) is 5.22. The van der Waals surface area contributed by atoms with Gasteiger partial charge in [-0.05, 0) is 41.7 Å². The Morgan fingerprint density at radius 1 is 1.11 bits per heavy atom. The van der Waals surface area contributed by atoms with Gasteiger partial charge in [0.1, 0.15) is 0 Å². The van der Waals surface area contributed by atoms with Gasteiger partial charge in [-0.1, -0.05) is 43.2 Å². The molecule has 0 spiro atoms. The van der Waals surface area contributed by atoms with E-state index in [2.05, 4.69) is 5.32 Å². The lowest BCUT2D eigenvalue weighted by atomic mass is 9.73. The molecule has 7 heteroatoms. The molecule has 1 unspecified atom stereocenters. The molecule has 1 saturated carbocycles. The minimum atomic E-state index is -1.65. The second kappa shape index (κ2) is 9.31. The second-order valence-corrected chi connectivity index (χ2v) is 7.87. The molecule has 3 rings (SSSR count). The van der Waals surface area contributed by atoms with Crippen molar-refractivity contribution in [3.8, 4) is 0 Å². The largest absolute Gasteiger partial charge is 0.475 e. The third kappa shape index (κ3) is 5.06. The highest BCUT2D eigenvalue weighted by atomic mass is 32.1. The maximum absolute atomic E-state index is 12.9. The molecule has 3 atom stereocenters. The lowest BCUT2D eigenvalue weighted by Gasteiger charge is -2.31. The van der Waals surface area contributed by atoms with E-state index >= 15 is 0 Å². The molecule has 1 amide bonds. The van der Waals surface area contributed by atoms with Crippen LogP contribution in [-0.4, -0.2) is 34.8 Å². The van der Waals surface area contributed by atoms with Gasteiger partial charge in [-0.25, -0.2) is 0 Å². The topological polar surface area (TPSA) is 86.6 Å². The van der Waals surface area contributed by atoms with Gasteiger partial charge in [0.2, 0.25) is 5.91 Å². The molecule has 27 heavy (non-hydrogen) atoms. The zero-order chi connectivity index (χ0) is 19.2. The fraction of sp³-hybridized carbons (Fsp3) is 0.400. The van der Waals surface area contributed by atoms with Crippen molar-refractivity contribution in [1.29, 1.82) is 0 Å². The summed E-state index contributed by atoms with van der Waals surface area (Å²) in [5.74, 6) is -1.86. The van der Waals surface area contributed by atoms with Crippen LogP contribution >= 0.6 is 11.3 Å². The van der Waals surface area contributed by atoms with E-state index in [4.69, 9.17) is 0 Å². The van der Waals surface area contributed by atoms with Gasteiger partial charge in [0.15, 0.2) is 5.78 Å². The van der Waals surface area contributed by atoms with E-state index in [9.17, 15) is 19.6 Å². The summed E-state index contributed by atoms with van der Waals surface area (Å²) in [6.07, 6.45) is 3.49. The molecule has 3 N–H and O–H groups in total. The molecule has 1 aromatic carbocycles. The smallest absolute Gasteiger partial charge is 0.426 e. The number of nitrogens with one attached hydrogen (secondary N) is 1. The third-order valence-corrected chi connectivity index (χ3v) is 5.95. The number of thiophene rings is 1. The van der Waals surface area contributed by atoms with Gasteiger partial charge in [-0.15, -0.1) is 0 Å². The highest BCUT2D eigenvalue weighted by Gasteiger charge is 2.38. The maximum Gasteiger partial charge on any atom is 0.475 e. The van der Waals surface area contributed by atoms with Crippen molar-refractivity contribution in [3.63, 3.8) is 0 Å². The molecule has 1 heterocycles. The van der Waals surface area contributed by atoms with Gasteiger partial charge in [-0.2, -0.15) is 11.3 Å². The summed E-state index contributed by atoms with van der Waals surface area (Å²) in [5, 5.41) is 26.0. The molecule has 5 nitrogen and oxygen atoms in total. The van der Waals surface area contributed by atoms with Crippen molar-refractivity contribution >= 4 is 30.1 Å². The number of amides is 1. The fourth-order valence-electron chi connectivity index (χ4n) is 3.76. The van der Waals surface area contributed by atoms with Crippen molar-refractivity contribution in [2.75, 3.05) is 0 Å². The van der Waals surface area contributed by atoms with E-state index in [0.29, 0.717) is 24.8 Å². The molecule has 1 aromatic heterocycles. The molecule has 0 radical (unpaired) electrons. The van der Waals surface area contributed by atoms with Crippen LogP contribution in [0.1, 0.15) is 41.6 Å². The summed E-state index contributed by atoms with van der Waals surface area (Å²) in [7, 11) is -1.65. The first kappa shape index (κ1) is 19.8. The Hall–Kier alpha value is -1.96. The number of rotatable bonds is 7. The highest BCUT2D eigenvalue weighted by molar-refractivity contribution is 7.07. The van der Waals surface area contributed by atoms with Crippen molar-refractivity contribution in [2.24, 2.45) is 11.8 Å². The van der Waals surface area contributed by atoms with E-state index < -0.39 is 19.0 Å². The van der Waals surface area contributed by atoms with Gasteiger partial charge in [0.05, 0.1) is 5.94 Å². The summed E-state index contributed by atoms with van der Waals surface area (Å²) < 4.78 is 0. The minimum absolute atomic E-state index is 0.00520. The van der Waals surface area contributed by atoms with Crippen molar-refractivity contribution < 1.29 is 19.6 Å². The van der Waals surface area contributed by atoms with Crippen LogP contribution in [0.25, 0.3) is 0 Å². The Balaban J connectivity index is 1.71. The number of ketones is 1. The normalized spacial score (nSPS) is 20.7. The molecule has 142 valence electrons. The van der Waals surface area contributed by atoms with Crippen molar-refractivity contribution in [2.45, 2.75) is 38.0 Å². The van der Waals surface area contributed by atoms with Crippen LogP contribution in [0.2, 0.25) is 0 Å². The van der Waals surface area contributed by atoms with E-state index in [1.54, 1.807) is 12.1 Å². The zero-order valence-corrected chi connectivity index (χ0v) is 15.9. The molecular weight excluding hydrogens is 361 g/mol. The Labute approximate surface area is 163 Å². The first-order valence-electron chi connectivity index (χ1n) is 9.33. The Morgan fingerprint density at radius 2 is 1.81 bits per heavy atom. The van der Waals surface area contributed by atoms with Gasteiger partial charge >= 0.3 is 7.12 Å². The van der Waals surface area contributed by atoms with Crippen LogP contribution in [0.3, 0.4) is 0 Å². The van der Waals surface area contributed by atoms with E-state index in [1.165, 1.54) is 11.3 Å². The Bertz CT molecular complexity index is 751. The number of benzene rings is 1. The summed E-state index contributed by atoms with van der Waals surface area (Å²) >= 11 is 1.52. The number of carbonyl (C=O) groups excluding carboxylic acids is 2. The van der Waals surface area contributed by atoms with E-state index in [0.717, 1.165) is 18.4 Å². The van der Waals surface area contributed by atoms with Crippen LogP contribution in [0.4, 0.5) is 0 Å². The zero-order valence-electron chi connectivity index (χ0n) is 15.1. The summed E-state index contributed by atoms with van der Waals surface area (Å²) in [5.41, 5.74) is 1.57. The van der Waals surface area contributed by atoms with Gasteiger partial charge < -0.3 is 15.4 Å². The average molecular weight is 385 g/mol. The highest BCUT2D eigenvalue weighted by Crippen LogP contribution is 2.33. The van der Waals surface area contributed by atoms with Crippen LogP contribution in [0.5, 0.6) is 0 Å². The molecule has 1 aliphatic carbocycles. The van der Waals surface area contributed by atoms with E-state index in [-0.39, 0.29) is 17.6 Å². The lowest BCUT2D eigenvalue weighted by Crippen LogP contribution is -2.51. The summed E-state index contributed by atoms with van der Waals surface area (Å²) in [6, 6.07) is 11.0. The van der Waals surface area contributed by atoms with Crippen LogP contribution in [0, 0.1) is 11.8 Å². The van der Waals surface area contributed by atoms with Crippen molar-refractivity contribution in [1.82, 2.24) is 5.32 Å². The SMILES string of the molecule is O=C(c1ccccc1)C1CCCC[C@H]1C(=O)N[C@@H](Cc1ccsc1)B(O)O. The molecule has 1 fully saturated rings. The second-order valence-electron chi connectivity index (χ2n) is 7.09. The monoisotopic (exact) mass is 385 g/mol.